The molecule has 4 rings (SSSR count). The molecule has 0 fully saturated rings. The lowest BCUT2D eigenvalue weighted by Gasteiger charge is -2.17. The average molecular weight is 471 g/mol. The van der Waals surface area contributed by atoms with Gasteiger partial charge in [0.05, 0.1) is 23.9 Å². The summed E-state index contributed by atoms with van der Waals surface area (Å²) >= 11 is 0. The van der Waals surface area contributed by atoms with E-state index in [1.165, 1.54) is 38.8 Å². The molecule has 0 unspecified atom stereocenters. The highest BCUT2D eigenvalue weighted by atomic mass is 19.1. The molecule has 2 N–H and O–H groups in total. The Balaban J connectivity index is 1.58. The molecule has 0 aliphatic heterocycles. The second-order valence-electron chi connectivity index (χ2n) is 7.75. The summed E-state index contributed by atoms with van der Waals surface area (Å²) in [4.78, 5) is 29.3. The molecule has 0 spiro atoms. The first kappa shape index (κ1) is 23.5. The summed E-state index contributed by atoms with van der Waals surface area (Å²) in [7, 11) is 2.98. The summed E-state index contributed by atoms with van der Waals surface area (Å²) in [6.07, 6.45) is 4.49. The number of halogens is 1. The van der Waals surface area contributed by atoms with Gasteiger partial charge < -0.3 is 15.4 Å². The van der Waals surface area contributed by atoms with Crippen molar-refractivity contribution in [2.45, 2.75) is 12.8 Å². The van der Waals surface area contributed by atoms with E-state index in [0.717, 1.165) is 5.56 Å². The fourth-order valence-electron chi connectivity index (χ4n) is 3.77. The van der Waals surface area contributed by atoms with E-state index in [9.17, 15) is 9.18 Å². The number of nitriles is 1. The van der Waals surface area contributed by atoms with Crippen molar-refractivity contribution in [3.05, 3.63) is 71.7 Å². The molecule has 35 heavy (non-hydrogen) atoms. The minimum Gasteiger partial charge on any atom is -0.494 e. The van der Waals surface area contributed by atoms with Crippen molar-refractivity contribution < 1.29 is 13.9 Å². The number of ether oxygens (including phenoxy) is 1. The van der Waals surface area contributed by atoms with Crippen LogP contribution in [0.15, 0.2) is 49.1 Å². The molecular weight excluding hydrogens is 449 g/mol. The Morgan fingerprint density at radius 1 is 1.20 bits per heavy atom. The van der Waals surface area contributed by atoms with Gasteiger partial charge in [-0.25, -0.2) is 19.3 Å². The van der Waals surface area contributed by atoms with Gasteiger partial charge in [0.25, 0.3) is 5.91 Å². The highest BCUT2D eigenvalue weighted by Crippen LogP contribution is 2.29. The molecular formula is C25H22FN7O2. The van der Waals surface area contributed by atoms with E-state index >= 15 is 0 Å². The molecule has 176 valence electrons. The fourth-order valence-corrected chi connectivity index (χ4v) is 3.77. The number of hydrogen-bond acceptors (Lipinski definition) is 8. The van der Waals surface area contributed by atoms with E-state index < -0.39 is 5.82 Å². The third-order valence-electron chi connectivity index (χ3n) is 5.61. The molecule has 0 bridgehead atoms. The Bertz CT molecular complexity index is 1450. The molecule has 4 aromatic rings. The third-order valence-corrected chi connectivity index (χ3v) is 5.61. The van der Waals surface area contributed by atoms with Gasteiger partial charge in [-0.15, -0.1) is 0 Å². The van der Waals surface area contributed by atoms with Crippen LogP contribution in [0.1, 0.15) is 34.5 Å². The maximum Gasteiger partial charge on any atom is 0.251 e. The van der Waals surface area contributed by atoms with Gasteiger partial charge >= 0.3 is 0 Å². The van der Waals surface area contributed by atoms with Gasteiger partial charge in [-0.1, -0.05) is 13.0 Å². The lowest BCUT2D eigenvalue weighted by molar-refractivity contribution is 0.0964. The number of anilines is 1. The van der Waals surface area contributed by atoms with Crippen molar-refractivity contribution in [2.24, 2.45) is 0 Å². The fraction of sp³-hybridized carbons (Fsp3) is 0.200. The van der Waals surface area contributed by atoms with Crippen LogP contribution in [0.4, 0.5) is 10.2 Å². The lowest BCUT2D eigenvalue weighted by atomic mass is 9.95. The van der Waals surface area contributed by atoms with Crippen molar-refractivity contribution >= 4 is 22.6 Å². The number of pyridine rings is 2. The Morgan fingerprint density at radius 2 is 2.03 bits per heavy atom. The molecule has 0 aliphatic rings. The number of carbonyl (C=O) groups excluding carboxylic acids is 1. The Hall–Kier alpha value is -4.65. The Kier molecular flexibility index (Phi) is 6.78. The number of nitrogens with one attached hydrogen (secondary N) is 2. The zero-order valence-electron chi connectivity index (χ0n) is 19.3. The number of methoxy groups -OCH3 is 1. The number of aromatic nitrogens is 4. The quantitative estimate of drug-likeness (QED) is 0.418. The summed E-state index contributed by atoms with van der Waals surface area (Å²) in [6.45, 7) is 2.45. The molecule has 1 atom stereocenters. The lowest BCUT2D eigenvalue weighted by Crippen LogP contribution is -2.19. The number of carbonyl (C=O) groups is 1. The molecule has 9 nitrogen and oxygen atoms in total. The largest absolute Gasteiger partial charge is 0.494 e. The van der Waals surface area contributed by atoms with Crippen LogP contribution in [0.3, 0.4) is 0 Å². The van der Waals surface area contributed by atoms with Crippen molar-refractivity contribution in [1.82, 2.24) is 25.3 Å². The van der Waals surface area contributed by atoms with E-state index in [-0.39, 0.29) is 28.5 Å². The summed E-state index contributed by atoms with van der Waals surface area (Å²) in [5, 5.41) is 15.1. The topological polar surface area (TPSA) is 126 Å². The van der Waals surface area contributed by atoms with Gasteiger partial charge in [-0.3, -0.25) is 9.78 Å². The monoisotopic (exact) mass is 471 g/mol. The first-order chi connectivity index (χ1) is 17.0. The van der Waals surface area contributed by atoms with Crippen LogP contribution in [0.2, 0.25) is 0 Å². The number of hydrogen-bond donors (Lipinski definition) is 2. The second kappa shape index (κ2) is 10.1. The molecule has 0 radical (unpaired) electrons. The van der Waals surface area contributed by atoms with E-state index in [4.69, 9.17) is 10.00 Å². The van der Waals surface area contributed by atoms with Crippen LogP contribution in [-0.4, -0.2) is 46.5 Å². The zero-order valence-corrected chi connectivity index (χ0v) is 19.3. The van der Waals surface area contributed by atoms with Crippen molar-refractivity contribution in [3.63, 3.8) is 0 Å². The summed E-state index contributed by atoms with van der Waals surface area (Å²) in [5.74, 6) is -0.0149. The van der Waals surface area contributed by atoms with E-state index in [2.05, 4.69) is 30.6 Å². The predicted octanol–water partition coefficient (Wildman–Crippen LogP) is 3.68. The summed E-state index contributed by atoms with van der Waals surface area (Å²) in [6, 6.07) is 9.99. The van der Waals surface area contributed by atoms with Crippen LogP contribution in [-0.2, 0) is 0 Å². The second-order valence-corrected chi connectivity index (χ2v) is 7.75. The Morgan fingerprint density at radius 3 is 2.77 bits per heavy atom. The minimum absolute atomic E-state index is 0.0828. The van der Waals surface area contributed by atoms with E-state index in [1.807, 2.05) is 13.0 Å². The minimum atomic E-state index is -0.498. The number of amides is 1. The first-order valence-corrected chi connectivity index (χ1v) is 10.8. The zero-order chi connectivity index (χ0) is 24.9. The molecule has 3 heterocycles. The van der Waals surface area contributed by atoms with Crippen LogP contribution in [0.5, 0.6) is 5.75 Å². The van der Waals surface area contributed by atoms with Gasteiger partial charge in [0.1, 0.15) is 24.0 Å². The molecule has 3 aromatic heterocycles. The molecule has 1 aromatic carbocycles. The van der Waals surface area contributed by atoms with Gasteiger partial charge in [0.15, 0.2) is 11.4 Å². The highest BCUT2D eigenvalue weighted by Gasteiger charge is 2.19. The molecule has 10 heteroatoms. The van der Waals surface area contributed by atoms with E-state index in [0.29, 0.717) is 34.9 Å². The van der Waals surface area contributed by atoms with Crippen molar-refractivity contribution in [3.8, 4) is 23.1 Å². The maximum atomic E-state index is 14.7. The number of fused-ring (bicyclic) bond motifs is 1. The van der Waals surface area contributed by atoms with Crippen LogP contribution >= 0.6 is 0 Å². The normalized spacial score (nSPS) is 11.5. The molecule has 0 saturated heterocycles. The average Bonchev–Trinajstić information content (AvgIpc) is 2.90. The third kappa shape index (κ3) is 4.70. The van der Waals surface area contributed by atoms with Crippen molar-refractivity contribution in [1.29, 1.82) is 5.26 Å². The number of nitrogens with zero attached hydrogens (tertiary/aromatic N) is 5. The predicted molar refractivity (Wildman–Crippen MR) is 129 cm³/mol. The van der Waals surface area contributed by atoms with Crippen LogP contribution in [0, 0.1) is 17.1 Å². The Labute approximate surface area is 201 Å². The standard InChI is InChI=1S/C25H22FN7O2/c1-14(16-4-5-18(26)23-17(25(34)28-2)6-7-29-24(16)23)11-31-22-9-19(32-13-33-22)15-8-21(35-3)20(10-27)30-12-15/h4-9,12-14H,11H2,1-3H3,(H,28,34)(H,31,32,33)/t14-/m1/s1. The summed E-state index contributed by atoms with van der Waals surface area (Å²) in [5.41, 5.74) is 2.96. The SMILES string of the molecule is CNC(=O)c1ccnc2c([C@H](C)CNc3cc(-c4cnc(C#N)c(OC)c4)ncn3)ccc(F)c12. The molecule has 0 aliphatic carbocycles. The van der Waals surface area contributed by atoms with Gasteiger partial charge in [0, 0.05) is 48.9 Å². The van der Waals surface area contributed by atoms with Gasteiger partial charge in [0.2, 0.25) is 0 Å². The van der Waals surface area contributed by atoms with Crippen molar-refractivity contribution in [2.75, 3.05) is 26.0 Å². The first-order valence-electron chi connectivity index (χ1n) is 10.8. The van der Waals surface area contributed by atoms with Crippen LogP contribution in [0.25, 0.3) is 22.2 Å². The highest BCUT2D eigenvalue weighted by molar-refractivity contribution is 6.06. The smallest absolute Gasteiger partial charge is 0.251 e. The van der Waals surface area contributed by atoms with Gasteiger partial charge in [-0.05, 0) is 23.8 Å². The van der Waals surface area contributed by atoms with Gasteiger partial charge in [-0.2, -0.15) is 5.26 Å². The van der Waals surface area contributed by atoms with Crippen LogP contribution < -0.4 is 15.4 Å². The molecule has 0 saturated carbocycles. The number of benzene rings is 1. The summed E-state index contributed by atoms with van der Waals surface area (Å²) < 4.78 is 19.9. The maximum absolute atomic E-state index is 14.7. The number of rotatable bonds is 7. The van der Waals surface area contributed by atoms with E-state index in [1.54, 1.807) is 24.4 Å². The molecule has 1 amide bonds.